The van der Waals surface area contributed by atoms with Crippen LogP contribution in [-0.2, 0) is 13.0 Å². The van der Waals surface area contributed by atoms with E-state index < -0.39 is 0 Å². The van der Waals surface area contributed by atoms with Gasteiger partial charge in [-0.05, 0) is 47.0 Å². The summed E-state index contributed by atoms with van der Waals surface area (Å²) in [5, 5.41) is 0. The summed E-state index contributed by atoms with van der Waals surface area (Å²) in [6.07, 6.45) is 3.86. The summed E-state index contributed by atoms with van der Waals surface area (Å²) in [4.78, 5) is 28.3. The van der Waals surface area contributed by atoms with Gasteiger partial charge in [-0.2, -0.15) is 0 Å². The zero-order chi connectivity index (χ0) is 14.1. The molecule has 1 aliphatic rings. The third-order valence-electron chi connectivity index (χ3n) is 3.52. The Morgan fingerprint density at radius 1 is 1.15 bits per heavy atom. The summed E-state index contributed by atoms with van der Waals surface area (Å²) in [7, 11) is 0. The summed E-state index contributed by atoms with van der Waals surface area (Å²) >= 11 is 3.34. The number of aromatic nitrogens is 2. The van der Waals surface area contributed by atoms with Crippen molar-refractivity contribution in [3.63, 3.8) is 0 Å². The molecule has 0 aliphatic heterocycles. The van der Waals surface area contributed by atoms with Crippen LogP contribution in [0, 0.1) is 0 Å². The summed E-state index contributed by atoms with van der Waals surface area (Å²) < 4.78 is 2.57. The number of fused-ring (bicyclic) bond motifs is 1. The molecule has 0 saturated carbocycles. The molecular weight excluding hydrogens is 320 g/mol. The molecule has 3 rings (SSSR count). The number of hydrogen-bond acceptors (Lipinski definition) is 3. The lowest BCUT2D eigenvalue weighted by Gasteiger charge is -2.19. The van der Waals surface area contributed by atoms with Gasteiger partial charge in [0.1, 0.15) is 0 Å². The van der Waals surface area contributed by atoms with E-state index >= 15 is 0 Å². The number of Topliss-reactive ketones (excluding diaryl/α,β-unsaturated/α-hetero) is 1. The van der Waals surface area contributed by atoms with E-state index in [1.54, 1.807) is 16.8 Å². The van der Waals surface area contributed by atoms with Crippen molar-refractivity contribution in [3.8, 4) is 0 Å². The molecule has 0 saturated heterocycles. The van der Waals surface area contributed by atoms with E-state index in [-0.39, 0.29) is 11.3 Å². The number of rotatable bonds is 2. The third kappa shape index (κ3) is 2.45. The topological polar surface area (TPSA) is 52.0 Å². The molecule has 0 N–H and O–H groups in total. The minimum atomic E-state index is -0.0804. The highest BCUT2D eigenvalue weighted by Crippen LogP contribution is 2.20. The maximum atomic E-state index is 12.1. The van der Waals surface area contributed by atoms with Crippen LogP contribution in [0.15, 0.2) is 39.7 Å². The molecule has 0 radical (unpaired) electrons. The molecule has 0 fully saturated rings. The standard InChI is InChI=1S/C15H13BrN2O2/c16-10-4-5-11(17-8-10)9-18-13-2-1-3-14(19)12(13)6-7-15(18)20/h4-8H,1-3,9H2. The molecule has 0 unspecified atom stereocenters. The first-order chi connectivity index (χ1) is 9.65. The number of nitrogens with zero attached hydrogens (tertiary/aromatic N) is 2. The van der Waals surface area contributed by atoms with Crippen LogP contribution in [0.5, 0.6) is 0 Å². The maximum Gasteiger partial charge on any atom is 0.251 e. The lowest BCUT2D eigenvalue weighted by molar-refractivity contribution is 0.0970. The first kappa shape index (κ1) is 13.2. The Hall–Kier alpha value is -1.75. The van der Waals surface area contributed by atoms with Crippen molar-refractivity contribution in [1.82, 2.24) is 9.55 Å². The zero-order valence-corrected chi connectivity index (χ0v) is 12.4. The molecule has 0 spiro atoms. The molecule has 0 bridgehead atoms. The Bertz CT molecular complexity index is 720. The van der Waals surface area contributed by atoms with Gasteiger partial charge in [-0.15, -0.1) is 0 Å². The summed E-state index contributed by atoms with van der Waals surface area (Å²) in [5.41, 5.74) is 2.26. The Balaban J connectivity index is 2.05. The molecule has 2 aromatic heterocycles. The van der Waals surface area contributed by atoms with E-state index in [0.717, 1.165) is 28.7 Å². The molecule has 0 amide bonds. The van der Waals surface area contributed by atoms with Crippen LogP contribution in [0.2, 0.25) is 0 Å². The van der Waals surface area contributed by atoms with Crippen molar-refractivity contribution in [2.75, 3.05) is 0 Å². The van der Waals surface area contributed by atoms with Crippen LogP contribution in [0.4, 0.5) is 0 Å². The predicted octanol–water partition coefficient (Wildman–Crippen LogP) is 2.57. The number of carbonyl (C=O) groups excluding carboxylic acids is 1. The fourth-order valence-electron chi connectivity index (χ4n) is 2.53. The van der Waals surface area contributed by atoms with E-state index in [9.17, 15) is 9.59 Å². The Kier molecular flexibility index (Phi) is 3.53. The molecule has 102 valence electrons. The van der Waals surface area contributed by atoms with Gasteiger partial charge >= 0.3 is 0 Å². The second kappa shape index (κ2) is 5.32. The van der Waals surface area contributed by atoms with Crippen LogP contribution >= 0.6 is 15.9 Å². The Morgan fingerprint density at radius 2 is 2.00 bits per heavy atom. The van der Waals surface area contributed by atoms with Gasteiger partial charge < -0.3 is 4.57 Å². The van der Waals surface area contributed by atoms with Crippen LogP contribution in [0.25, 0.3) is 0 Å². The van der Waals surface area contributed by atoms with E-state index in [2.05, 4.69) is 20.9 Å². The van der Waals surface area contributed by atoms with Gasteiger partial charge in [0.25, 0.3) is 5.56 Å². The van der Waals surface area contributed by atoms with E-state index in [1.165, 1.54) is 6.07 Å². The average molecular weight is 333 g/mol. The lowest BCUT2D eigenvalue weighted by atomic mass is 9.94. The van der Waals surface area contributed by atoms with Gasteiger partial charge in [-0.1, -0.05) is 0 Å². The van der Waals surface area contributed by atoms with Gasteiger partial charge in [0.05, 0.1) is 12.2 Å². The Labute approximate surface area is 124 Å². The van der Waals surface area contributed by atoms with Crippen LogP contribution in [-0.4, -0.2) is 15.3 Å². The van der Waals surface area contributed by atoms with Crippen molar-refractivity contribution in [1.29, 1.82) is 0 Å². The fourth-order valence-corrected chi connectivity index (χ4v) is 2.76. The normalized spacial score (nSPS) is 14.2. The lowest BCUT2D eigenvalue weighted by Crippen LogP contribution is -2.28. The highest BCUT2D eigenvalue weighted by atomic mass is 79.9. The third-order valence-corrected chi connectivity index (χ3v) is 3.99. The number of ketones is 1. The zero-order valence-electron chi connectivity index (χ0n) is 10.8. The number of halogens is 1. The summed E-state index contributed by atoms with van der Waals surface area (Å²) in [5.74, 6) is 0.128. The maximum absolute atomic E-state index is 12.1. The smallest absolute Gasteiger partial charge is 0.251 e. The monoisotopic (exact) mass is 332 g/mol. The minimum Gasteiger partial charge on any atom is -0.306 e. The highest BCUT2D eigenvalue weighted by Gasteiger charge is 2.20. The van der Waals surface area contributed by atoms with E-state index in [1.807, 2.05) is 12.1 Å². The summed E-state index contributed by atoms with van der Waals surface area (Å²) in [6.45, 7) is 0.405. The first-order valence-electron chi connectivity index (χ1n) is 6.51. The minimum absolute atomic E-state index is 0.0804. The van der Waals surface area contributed by atoms with Crippen LogP contribution in [0.3, 0.4) is 0 Å². The van der Waals surface area contributed by atoms with Gasteiger partial charge in [-0.25, -0.2) is 0 Å². The molecule has 5 heteroatoms. The van der Waals surface area contributed by atoms with Crippen LogP contribution in [0.1, 0.15) is 34.6 Å². The van der Waals surface area contributed by atoms with Crippen LogP contribution < -0.4 is 5.56 Å². The second-order valence-electron chi connectivity index (χ2n) is 4.86. The van der Waals surface area contributed by atoms with Gasteiger partial charge in [0.15, 0.2) is 5.78 Å². The van der Waals surface area contributed by atoms with Gasteiger partial charge in [-0.3, -0.25) is 14.6 Å². The SMILES string of the molecule is O=C1CCCc2c1ccc(=O)n2Cc1ccc(Br)cn1. The molecule has 0 aromatic carbocycles. The van der Waals surface area contributed by atoms with Gasteiger partial charge in [0, 0.05) is 34.4 Å². The van der Waals surface area contributed by atoms with Crippen molar-refractivity contribution >= 4 is 21.7 Å². The van der Waals surface area contributed by atoms with E-state index in [4.69, 9.17) is 0 Å². The second-order valence-corrected chi connectivity index (χ2v) is 5.78. The number of pyridine rings is 2. The molecule has 20 heavy (non-hydrogen) atoms. The first-order valence-corrected chi connectivity index (χ1v) is 7.31. The van der Waals surface area contributed by atoms with Crippen molar-refractivity contribution in [3.05, 3.63) is 62.2 Å². The highest BCUT2D eigenvalue weighted by molar-refractivity contribution is 9.10. The summed E-state index contributed by atoms with van der Waals surface area (Å²) in [6, 6.07) is 6.90. The Morgan fingerprint density at radius 3 is 2.75 bits per heavy atom. The van der Waals surface area contributed by atoms with E-state index in [0.29, 0.717) is 18.5 Å². The fraction of sp³-hybridized carbons (Fsp3) is 0.267. The number of hydrogen-bond donors (Lipinski definition) is 0. The quantitative estimate of drug-likeness (QED) is 0.849. The molecule has 4 nitrogen and oxygen atoms in total. The molecule has 1 aliphatic carbocycles. The molecular formula is C15H13BrN2O2. The molecule has 2 heterocycles. The van der Waals surface area contributed by atoms with Crippen molar-refractivity contribution in [2.45, 2.75) is 25.8 Å². The predicted molar refractivity (Wildman–Crippen MR) is 79.0 cm³/mol. The van der Waals surface area contributed by atoms with Crippen molar-refractivity contribution < 1.29 is 4.79 Å². The molecule has 0 atom stereocenters. The number of carbonyl (C=O) groups is 1. The van der Waals surface area contributed by atoms with Crippen molar-refractivity contribution in [2.24, 2.45) is 0 Å². The largest absolute Gasteiger partial charge is 0.306 e. The average Bonchev–Trinajstić information content (AvgIpc) is 2.44. The molecule has 2 aromatic rings. The van der Waals surface area contributed by atoms with Gasteiger partial charge in [0.2, 0.25) is 0 Å².